The van der Waals surface area contributed by atoms with Crippen molar-refractivity contribution >= 4 is 15.7 Å². The Bertz CT molecular complexity index is 1060. The van der Waals surface area contributed by atoms with E-state index in [4.69, 9.17) is 0 Å². The summed E-state index contributed by atoms with van der Waals surface area (Å²) in [4.78, 5) is 8.25. The average molecular weight is 375 g/mol. The maximum absolute atomic E-state index is 12.9. The third-order valence-electron chi connectivity index (χ3n) is 5.13. The first kappa shape index (κ1) is 17.1. The molecule has 3 aromatic rings. The van der Waals surface area contributed by atoms with Crippen molar-refractivity contribution in [3.8, 4) is 0 Å². The molecule has 10 heteroatoms. The van der Waals surface area contributed by atoms with E-state index in [-0.39, 0.29) is 10.9 Å². The van der Waals surface area contributed by atoms with Crippen molar-refractivity contribution in [2.24, 2.45) is 7.05 Å². The zero-order valence-corrected chi connectivity index (χ0v) is 15.8. The minimum Gasteiger partial charge on any atom is -0.321 e. The number of rotatable bonds is 3. The Morgan fingerprint density at radius 1 is 1.15 bits per heavy atom. The maximum atomic E-state index is 12.9. The Morgan fingerprint density at radius 2 is 1.88 bits per heavy atom. The monoisotopic (exact) mass is 375 g/mol. The van der Waals surface area contributed by atoms with E-state index < -0.39 is 10.0 Å². The average Bonchev–Trinajstić information content (AvgIpc) is 3.21. The summed E-state index contributed by atoms with van der Waals surface area (Å²) in [5.41, 5.74) is 2.75. The lowest BCUT2D eigenvalue weighted by Gasteiger charge is -2.31. The number of aryl methyl sites for hydroxylation is 2. The van der Waals surface area contributed by atoms with Gasteiger partial charge in [0.15, 0.2) is 10.7 Å². The highest BCUT2D eigenvalue weighted by molar-refractivity contribution is 7.89. The highest BCUT2D eigenvalue weighted by Crippen LogP contribution is 2.31. The van der Waals surface area contributed by atoms with E-state index in [9.17, 15) is 8.42 Å². The van der Waals surface area contributed by atoms with Gasteiger partial charge >= 0.3 is 0 Å². The molecule has 0 saturated carbocycles. The van der Waals surface area contributed by atoms with Crippen LogP contribution in [0.5, 0.6) is 0 Å². The summed E-state index contributed by atoms with van der Waals surface area (Å²) in [6.45, 7) is 4.74. The Balaban J connectivity index is 1.55. The fraction of sp³-hybridized carbons (Fsp3) is 0.500. The summed E-state index contributed by atoms with van der Waals surface area (Å²) in [5.74, 6) is 0.891. The summed E-state index contributed by atoms with van der Waals surface area (Å²) in [6, 6.07) is 1.97. The van der Waals surface area contributed by atoms with Gasteiger partial charge in [-0.25, -0.2) is 18.4 Å². The Morgan fingerprint density at radius 3 is 2.54 bits per heavy atom. The minimum atomic E-state index is -3.53. The normalized spacial score (nSPS) is 17.2. The van der Waals surface area contributed by atoms with Crippen molar-refractivity contribution < 1.29 is 8.42 Å². The lowest BCUT2D eigenvalue weighted by atomic mass is 9.92. The van der Waals surface area contributed by atoms with E-state index in [1.807, 2.05) is 13.0 Å². The van der Waals surface area contributed by atoms with Gasteiger partial charge in [-0.05, 0) is 38.3 Å². The molecule has 1 aliphatic rings. The molecule has 138 valence electrons. The highest BCUT2D eigenvalue weighted by atomic mass is 32.2. The first-order chi connectivity index (χ1) is 12.4. The number of aromatic nitrogens is 6. The van der Waals surface area contributed by atoms with Gasteiger partial charge in [0.25, 0.3) is 10.0 Å². The second-order valence-corrected chi connectivity index (χ2v) is 8.59. The largest absolute Gasteiger partial charge is 0.321 e. The van der Waals surface area contributed by atoms with Crippen molar-refractivity contribution in [3.05, 3.63) is 35.7 Å². The fourth-order valence-corrected chi connectivity index (χ4v) is 5.11. The fourth-order valence-electron chi connectivity index (χ4n) is 3.49. The van der Waals surface area contributed by atoms with Crippen LogP contribution in [0.15, 0.2) is 23.6 Å². The molecule has 0 aromatic carbocycles. The van der Waals surface area contributed by atoms with E-state index >= 15 is 0 Å². The molecule has 0 amide bonds. The van der Waals surface area contributed by atoms with Gasteiger partial charge in [-0.3, -0.25) is 0 Å². The zero-order valence-electron chi connectivity index (χ0n) is 15.0. The third-order valence-corrected chi connectivity index (χ3v) is 7.08. The van der Waals surface area contributed by atoms with Crippen molar-refractivity contribution in [2.45, 2.75) is 37.6 Å². The van der Waals surface area contributed by atoms with Crippen LogP contribution in [0.4, 0.5) is 0 Å². The van der Waals surface area contributed by atoms with Crippen molar-refractivity contribution in [1.29, 1.82) is 0 Å². The van der Waals surface area contributed by atoms with Gasteiger partial charge < -0.3 is 4.57 Å². The van der Waals surface area contributed by atoms with Gasteiger partial charge in [0, 0.05) is 26.1 Å². The molecule has 1 fully saturated rings. The second kappa shape index (κ2) is 6.13. The Labute approximate surface area is 151 Å². The van der Waals surface area contributed by atoms with Gasteiger partial charge in [-0.15, -0.1) is 9.73 Å². The molecule has 0 spiro atoms. The minimum absolute atomic E-state index is 0.211. The number of hydrogen-bond acceptors (Lipinski definition) is 6. The standard InChI is InChI=1S/C16H21N7O2S/c1-11-8-14-18-10-19-23(14)20-16(11)13-4-6-22(7-5-13)26(24,25)15-9-17-12(2)21(15)3/h8-10,13H,4-7H2,1-3H3. The highest BCUT2D eigenvalue weighted by Gasteiger charge is 2.33. The number of imidazole rings is 1. The van der Waals surface area contributed by atoms with E-state index in [1.165, 1.54) is 17.2 Å². The number of fused-ring (bicyclic) bond motifs is 1. The summed E-state index contributed by atoms with van der Waals surface area (Å²) in [5, 5.41) is 8.92. The molecule has 0 aliphatic carbocycles. The molecule has 0 unspecified atom stereocenters. The second-order valence-electron chi connectivity index (χ2n) is 6.70. The first-order valence-corrected chi connectivity index (χ1v) is 9.98. The lowest BCUT2D eigenvalue weighted by molar-refractivity contribution is 0.313. The molecular formula is C16H21N7O2S. The van der Waals surface area contributed by atoms with Crippen LogP contribution in [0.3, 0.4) is 0 Å². The van der Waals surface area contributed by atoms with Gasteiger partial charge in [0.2, 0.25) is 0 Å². The molecule has 9 nitrogen and oxygen atoms in total. The summed E-state index contributed by atoms with van der Waals surface area (Å²) in [6.07, 6.45) is 4.37. The van der Waals surface area contributed by atoms with Crippen LogP contribution < -0.4 is 0 Å². The maximum Gasteiger partial charge on any atom is 0.260 e. The molecular weight excluding hydrogens is 354 g/mol. The molecule has 0 bridgehead atoms. The van der Waals surface area contributed by atoms with E-state index in [0.29, 0.717) is 18.9 Å². The van der Waals surface area contributed by atoms with Crippen LogP contribution in [0.2, 0.25) is 0 Å². The van der Waals surface area contributed by atoms with Crippen LogP contribution in [0, 0.1) is 13.8 Å². The van der Waals surface area contributed by atoms with Crippen molar-refractivity contribution in [3.63, 3.8) is 0 Å². The number of piperidine rings is 1. The molecule has 4 rings (SSSR count). The van der Waals surface area contributed by atoms with Crippen LogP contribution in [-0.4, -0.2) is 55.2 Å². The molecule has 1 saturated heterocycles. The summed E-state index contributed by atoms with van der Waals surface area (Å²) >= 11 is 0. The van der Waals surface area contributed by atoms with Crippen LogP contribution >= 0.6 is 0 Å². The van der Waals surface area contributed by atoms with Gasteiger partial charge in [0.05, 0.1) is 11.9 Å². The smallest absolute Gasteiger partial charge is 0.260 e. The predicted molar refractivity (Wildman–Crippen MR) is 94.2 cm³/mol. The van der Waals surface area contributed by atoms with Crippen LogP contribution in [0.1, 0.15) is 35.8 Å². The van der Waals surface area contributed by atoms with E-state index in [0.717, 1.165) is 29.7 Å². The zero-order chi connectivity index (χ0) is 18.5. The first-order valence-electron chi connectivity index (χ1n) is 8.54. The molecule has 26 heavy (non-hydrogen) atoms. The molecule has 1 aliphatic heterocycles. The molecule has 0 atom stereocenters. The quantitative estimate of drug-likeness (QED) is 0.678. The van der Waals surface area contributed by atoms with Crippen molar-refractivity contribution in [1.82, 2.24) is 33.7 Å². The number of sulfonamides is 1. The molecule has 3 aromatic heterocycles. The SMILES string of the molecule is Cc1cc2ncnn2nc1C1CCN(S(=O)(=O)c2cnc(C)n2C)CC1. The van der Waals surface area contributed by atoms with Crippen LogP contribution in [0.25, 0.3) is 5.65 Å². The van der Waals surface area contributed by atoms with Gasteiger partial charge in [-0.2, -0.15) is 9.40 Å². The van der Waals surface area contributed by atoms with Crippen LogP contribution in [-0.2, 0) is 17.1 Å². The Hall–Kier alpha value is -2.33. The molecule has 4 heterocycles. The topological polar surface area (TPSA) is 98.3 Å². The van der Waals surface area contributed by atoms with Gasteiger partial charge in [0.1, 0.15) is 12.2 Å². The molecule has 0 radical (unpaired) electrons. The van der Waals surface area contributed by atoms with Gasteiger partial charge in [-0.1, -0.05) is 0 Å². The van der Waals surface area contributed by atoms with E-state index in [2.05, 4.69) is 20.2 Å². The summed E-state index contributed by atoms with van der Waals surface area (Å²) in [7, 11) is -1.80. The Kier molecular flexibility index (Phi) is 4.03. The lowest BCUT2D eigenvalue weighted by Crippen LogP contribution is -2.39. The molecule has 0 N–H and O–H groups in total. The number of hydrogen-bond donors (Lipinski definition) is 0. The number of nitrogens with zero attached hydrogens (tertiary/aromatic N) is 7. The third kappa shape index (κ3) is 2.69. The predicted octanol–water partition coefficient (Wildman–Crippen LogP) is 1.04. The van der Waals surface area contributed by atoms with E-state index in [1.54, 1.807) is 22.8 Å². The van der Waals surface area contributed by atoms with Crippen molar-refractivity contribution in [2.75, 3.05) is 13.1 Å². The summed E-state index contributed by atoms with van der Waals surface area (Å²) < 4.78 is 30.5.